The highest BCUT2D eigenvalue weighted by Gasteiger charge is 2.07. The van der Waals surface area contributed by atoms with Crippen molar-refractivity contribution in [2.24, 2.45) is 5.92 Å². The SMILES string of the molecule is CC(C)CC(C)Nc1cccc(-c2nnco2)c1. The van der Waals surface area contributed by atoms with Gasteiger partial charge >= 0.3 is 0 Å². The fourth-order valence-electron chi connectivity index (χ4n) is 2.09. The van der Waals surface area contributed by atoms with Crippen LogP contribution < -0.4 is 5.32 Å². The summed E-state index contributed by atoms with van der Waals surface area (Å²) in [6.07, 6.45) is 2.49. The lowest BCUT2D eigenvalue weighted by Crippen LogP contribution is -2.17. The fourth-order valence-corrected chi connectivity index (χ4v) is 2.09. The van der Waals surface area contributed by atoms with E-state index >= 15 is 0 Å². The molecule has 96 valence electrons. The summed E-state index contributed by atoms with van der Waals surface area (Å²) >= 11 is 0. The van der Waals surface area contributed by atoms with Gasteiger partial charge in [-0.15, -0.1) is 10.2 Å². The minimum atomic E-state index is 0.447. The van der Waals surface area contributed by atoms with E-state index in [0.717, 1.165) is 17.7 Å². The van der Waals surface area contributed by atoms with Gasteiger partial charge in [0.15, 0.2) is 0 Å². The van der Waals surface area contributed by atoms with Crippen molar-refractivity contribution < 1.29 is 4.42 Å². The summed E-state index contributed by atoms with van der Waals surface area (Å²) in [4.78, 5) is 0. The van der Waals surface area contributed by atoms with E-state index in [1.165, 1.54) is 6.39 Å². The second-order valence-electron chi connectivity index (χ2n) is 5.00. The van der Waals surface area contributed by atoms with Crippen LogP contribution in [0, 0.1) is 5.92 Å². The monoisotopic (exact) mass is 245 g/mol. The zero-order valence-corrected chi connectivity index (χ0v) is 11.1. The molecular formula is C14H19N3O. The quantitative estimate of drug-likeness (QED) is 0.874. The summed E-state index contributed by atoms with van der Waals surface area (Å²) in [7, 11) is 0. The molecule has 4 heteroatoms. The Hall–Kier alpha value is -1.84. The first-order valence-electron chi connectivity index (χ1n) is 6.28. The number of nitrogens with one attached hydrogen (secondary N) is 1. The van der Waals surface area contributed by atoms with Gasteiger partial charge in [0.2, 0.25) is 12.3 Å². The lowest BCUT2D eigenvalue weighted by atomic mass is 10.0. The van der Waals surface area contributed by atoms with Gasteiger partial charge in [-0.05, 0) is 37.5 Å². The van der Waals surface area contributed by atoms with E-state index in [9.17, 15) is 0 Å². The first-order valence-corrected chi connectivity index (χ1v) is 6.28. The second-order valence-corrected chi connectivity index (χ2v) is 5.00. The summed E-state index contributed by atoms with van der Waals surface area (Å²) in [6.45, 7) is 6.65. The molecule has 0 saturated carbocycles. The predicted molar refractivity (Wildman–Crippen MR) is 72.3 cm³/mol. The molecular weight excluding hydrogens is 226 g/mol. The van der Waals surface area contributed by atoms with Crippen LogP contribution in [0.3, 0.4) is 0 Å². The molecule has 0 bridgehead atoms. The first-order chi connectivity index (χ1) is 8.65. The molecule has 1 aromatic carbocycles. The predicted octanol–water partition coefficient (Wildman–Crippen LogP) is 3.58. The summed E-state index contributed by atoms with van der Waals surface area (Å²) in [5.74, 6) is 1.24. The molecule has 0 radical (unpaired) electrons. The summed E-state index contributed by atoms with van der Waals surface area (Å²) in [5.41, 5.74) is 2.02. The van der Waals surface area contributed by atoms with Crippen molar-refractivity contribution >= 4 is 5.69 Å². The number of benzene rings is 1. The second kappa shape index (κ2) is 5.67. The first kappa shape index (κ1) is 12.6. The molecule has 1 heterocycles. The highest BCUT2D eigenvalue weighted by atomic mass is 16.4. The molecule has 0 aliphatic heterocycles. The lowest BCUT2D eigenvalue weighted by Gasteiger charge is -2.17. The standard InChI is InChI=1S/C14H19N3O/c1-10(2)7-11(3)16-13-6-4-5-12(8-13)14-17-15-9-18-14/h4-6,8-11,16H,7H2,1-3H3. The van der Waals surface area contributed by atoms with Gasteiger partial charge < -0.3 is 9.73 Å². The Kier molecular flexibility index (Phi) is 3.97. The van der Waals surface area contributed by atoms with Crippen LogP contribution >= 0.6 is 0 Å². The van der Waals surface area contributed by atoms with E-state index < -0.39 is 0 Å². The largest absolute Gasteiger partial charge is 0.423 e. The van der Waals surface area contributed by atoms with Gasteiger partial charge in [-0.3, -0.25) is 0 Å². The molecule has 0 spiro atoms. The molecule has 0 aliphatic carbocycles. The summed E-state index contributed by atoms with van der Waals surface area (Å²) < 4.78 is 5.19. The molecule has 1 atom stereocenters. The summed E-state index contributed by atoms with van der Waals surface area (Å²) in [5, 5.41) is 11.1. The van der Waals surface area contributed by atoms with Crippen LogP contribution in [0.15, 0.2) is 35.1 Å². The number of hydrogen-bond acceptors (Lipinski definition) is 4. The maximum absolute atomic E-state index is 5.19. The van der Waals surface area contributed by atoms with Crippen LogP contribution in [0.4, 0.5) is 5.69 Å². The molecule has 0 amide bonds. The maximum atomic E-state index is 5.19. The number of aromatic nitrogens is 2. The molecule has 1 unspecified atom stereocenters. The normalized spacial score (nSPS) is 12.7. The third kappa shape index (κ3) is 3.32. The molecule has 2 aromatic rings. The van der Waals surface area contributed by atoms with Gasteiger partial charge in [0.05, 0.1) is 0 Å². The van der Waals surface area contributed by atoms with Gasteiger partial charge in [-0.25, -0.2) is 0 Å². The van der Waals surface area contributed by atoms with E-state index in [4.69, 9.17) is 4.42 Å². The Balaban J connectivity index is 2.08. The minimum absolute atomic E-state index is 0.447. The van der Waals surface area contributed by atoms with Crippen LogP contribution in [0.1, 0.15) is 27.2 Å². The van der Waals surface area contributed by atoms with Crippen LogP contribution in [-0.2, 0) is 0 Å². The van der Waals surface area contributed by atoms with E-state index in [1.54, 1.807) is 0 Å². The molecule has 1 aromatic heterocycles. The topological polar surface area (TPSA) is 51.0 Å². The van der Waals surface area contributed by atoms with Crippen LogP contribution in [0.5, 0.6) is 0 Å². The average Bonchev–Trinajstić information content (AvgIpc) is 2.81. The molecule has 0 saturated heterocycles. The summed E-state index contributed by atoms with van der Waals surface area (Å²) in [6, 6.07) is 8.49. The van der Waals surface area contributed by atoms with E-state index in [1.807, 2.05) is 18.2 Å². The number of rotatable bonds is 5. The van der Waals surface area contributed by atoms with Gasteiger partial charge in [-0.1, -0.05) is 19.9 Å². The number of nitrogens with zero attached hydrogens (tertiary/aromatic N) is 2. The van der Waals surface area contributed by atoms with Crippen molar-refractivity contribution in [2.75, 3.05) is 5.32 Å². The van der Waals surface area contributed by atoms with Crippen molar-refractivity contribution in [3.8, 4) is 11.5 Å². The van der Waals surface area contributed by atoms with E-state index in [0.29, 0.717) is 17.9 Å². The smallest absolute Gasteiger partial charge is 0.247 e. The Morgan fingerprint density at radius 3 is 2.78 bits per heavy atom. The Bertz CT molecular complexity index is 480. The Labute approximate surface area is 107 Å². The van der Waals surface area contributed by atoms with Crippen LogP contribution in [0.2, 0.25) is 0 Å². The van der Waals surface area contributed by atoms with Crippen molar-refractivity contribution in [3.63, 3.8) is 0 Å². The van der Waals surface area contributed by atoms with Crippen molar-refractivity contribution in [1.82, 2.24) is 10.2 Å². The van der Waals surface area contributed by atoms with Crippen molar-refractivity contribution in [3.05, 3.63) is 30.7 Å². The highest BCUT2D eigenvalue weighted by Crippen LogP contribution is 2.21. The zero-order chi connectivity index (χ0) is 13.0. The number of anilines is 1. The van der Waals surface area contributed by atoms with Crippen molar-refractivity contribution in [2.45, 2.75) is 33.2 Å². The number of hydrogen-bond donors (Lipinski definition) is 1. The van der Waals surface area contributed by atoms with Crippen LogP contribution in [-0.4, -0.2) is 16.2 Å². The third-order valence-electron chi connectivity index (χ3n) is 2.71. The van der Waals surface area contributed by atoms with Gasteiger partial charge in [0, 0.05) is 17.3 Å². The van der Waals surface area contributed by atoms with Crippen LogP contribution in [0.25, 0.3) is 11.5 Å². The van der Waals surface area contributed by atoms with Gasteiger partial charge in [0.1, 0.15) is 0 Å². The molecule has 0 aliphatic rings. The molecule has 0 fully saturated rings. The van der Waals surface area contributed by atoms with E-state index in [-0.39, 0.29) is 0 Å². The molecule has 2 rings (SSSR count). The maximum Gasteiger partial charge on any atom is 0.247 e. The molecule has 4 nitrogen and oxygen atoms in total. The third-order valence-corrected chi connectivity index (χ3v) is 2.71. The van der Waals surface area contributed by atoms with Crippen molar-refractivity contribution in [1.29, 1.82) is 0 Å². The minimum Gasteiger partial charge on any atom is -0.423 e. The highest BCUT2D eigenvalue weighted by molar-refractivity contribution is 5.61. The molecule has 18 heavy (non-hydrogen) atoms. The lowest BCUT2D eigenvalue weighted by molar-refractivity contribution is 0.539. The van der Waals surface area contributed by atoms with Gasteiger partial charge in [0.25, 0.3) is 0 Å². The Morgan fingerprint density at radius 1 is 1.28 bits per heavy atom. The fraction of sp³-hybridized carbons (Fsp3) is 0.429. The van der Waals surface area contributed by atoms with E-state index in [2.05, 4.69) is 42.4 Å². The molecule has 1 N–H and O–H groups in total. The zero-order valence-electron chi connectivity index (χ0n) is 11.1. The average molecular weight is 245 g/mol. The Morgan fingerprint density at radius 2 is 2.11 bits per heavy atom. The van der Waals surface area contributed by atoms with Gasteiger partial charge in [-0.2, -0.15) is 0 Å².